The summed E-state index contributed by atoms with van der Waals surface area (Å²) in [6.45, 7) is 2.06. The minimum Gasteiger partial charge on any atom is -0.299 e. The summed E-state index contributed by atoms with van der Waals surface area (Å²) in [5.74, 6) is 0.297. The van der Waals surface area contributed by atoms with Crippen LogP contribution in [0.4, 0.5) is 13.2 Å². The van der Waals surface area contributed by atoms with Gasteiger partial charge < -0.3 is 0 Å². The van der Waals surface area contributed by atoms with E-state index in [0.717, 1.165) is 32.1 Å². The van der Waals surface area contributed by atoms with Gasteiger partial charge in [0.25, 0.3) is 0 Å². The Hall–Kier alpha value is -1.03. The van der Waals surface area contributed by atoms with E-state index in [1.165, 1.54) is 0 Å². The van der Waals surface area contributed by atoms with Gasteiger partial charge in [-0.3, -0.25) is 5.32 Å². The van der Waals surface area contributed by atoms with Crippen molar-refractivity contribution >= 4 is 0 Å². The lowest BCUT2D eigenvalue weighted by Crippen LogP contribution is -2.43. The van der Waals surface area contributed by atoms with Crippen LogP contribution in [0.15, 0.2) is 30.3 Å². The summed E-state index contributed by atoms with van der Waals surface area (Å²) in [5, 5.41) is 2.88. The number of hydrogen-bond donors (Lipinski definition) is 1. The molecule has 0 bridgehead atoms. The van der Waals surface area contributed by atoms with E-state index >= 15 is 0 Å². The molecule has 1 fully saturated rings. The Labute approximate surface area is 118 Å². The van der Waals surface area contributed by atoms with Gasteiger partial charge in [-0.05, 0) is 24.3 Å². The van der Waals surface area contributed by atoms with Crippen molar-refractivity contribution in [2.45, 2.75) is 57.3 Å². The van der Waals surface area contributed by atoms with E-state index in [0.29, 0.717) is 11.5 Å². The predicted molar refractivity (Wildman–Crippen MR) is 74.4 cm³/mol. The fourth-order valence-electron chi connectivity index (χ4n) is 2.98. The van der Waals surface area contributed by atoms with E-state index < -0.39 is 12.2 Å². The molecule has 4 heteroatoms. The topological polar surface area (TPSA) is 12.0 Å². The van der Waals surface area contributed by atoms with E-state index in [1.54, 1.807) is 30.3 Å². The van der Waals surface area contributed by atoms with Crippen LogP contribution in [0, 0.1) is 5.92 Å². The van der Waals surface area contributed by atoms with Crippen LogP contribution < -0.4 is 5.32 Å². The molecule has 1 nitrogen and oxygen atoms in total. The zero-order chi connectivity index (χ0) is 14.6. The molecule has 20 heavy (non-hydrogen) atoms. The highest BCUT2D eigenvalue weighted by atomic mass is 19.4. The standard InChI is InChI=1S/C16H22F3N/c1-12-8-4-2-7-11-14(12)20-15(16(17,18)19)13-9-5-3-6-10-13/h3,5-6,9-10,12,14-15,20H,2,4,7-8,11H2,1H3. The van der Waals surface area contributed by atoms with Gasteiger partial charge in [0, 0.05) is 6.04 Å². The molecule has 1 aliphatic rings. The van der Waals surface area contributed by atoms with Crippen LogP contribution in [0.1, 0.15) is 50.6 Å². The third kappa shape index (κ3) is 3.98. The second kappa shape index (κ2) is 6.61. The van der Waals surface area contributed by atoms with Crippen molar-refractivity contribution in [3.8, 4) is 0 Å². The summed E-state index contributed by atoms with van der Waals surface area (Å²) >= 11 is 0. The molecule has 0 aliphatic heterocycles. The van der Waals surface area contributed by atoms with Gasteiger partial charge in [-0.2, -0.15) is 13.2 Å². The molecule has 0 saturated heterocycles. The summed E-state index contributed by atoms with van der Waals surface area (Å²) in [6, 6.07) is 6.54. The number of rotatable bonds is 3. The van der Waals surface area contributed by atoms with Crippen molar-refractivity contribution in [2.24, 2.45) is 5.92 Å². The summed E-state index contributed by atoms with van der Waals surface area (Å²) in [5.41, 5.74) is 0.302. The fourth-order valence-corrected chi connectivity index (χ4v) is 2.98. The second-order valence-corrected chi connectivity index (χ2v) is 5.77. The van der Waals surface area contributed by atoms with Gasteiger partial charge in [0.05, 0.1) is 0 Å². The highest BCUT2D eigenvalue weighted by Gasteiger charge is 2.42. The number of alkyl halides is 3. The smallest absolute Gasteiger partial charge is 0.299 e. The van der Waals surface area contributed by atoms with Gasteiger partial charge in [-0.15, -0.1) is 0 Å². The zero-order valence-corrected chi connectivity index (χ0v) is 11.8. The lowest BCUT2D eigenvalue weighted by molar-refractivity contribution is -0.160. The molecule has 0 heterocycles. The maximum Gasteiger partial charge on any atom is 0.407 e. The van der Waals surface area contributed by atoms with Crippen molar-refractivity contribution in [1.82, 2.24) is 5.32 Å². The van der Waals surface area contributed by atoms with Crippen LogP contribution in [-0.4, -0.2) is 12.2 Å². The molecule has 3 atom stereocenters. The van der Waals surface area contributed by atoms with Crippen LogP contribution in [0.2, 0.25) is 0 Å². The molecule has 1 saturated carbocycles. The maximum atomic E-state index is 13.3. The van der Waals surface area contributed by atoms with Crippen LogP contribution in [0.25, 0.3) is 0 Å². The molecule has 1 N–H and O–H groups in total. The molecule has 0 radical (unpaired) electrons. The predicted octanol–water partition coefficient (Wildman–Crippen LogP) is 4.85. The summed E-state index contributed by atoms with van der Waals surface area (Å²) in [4.78, 5) is 0. The summed E-state index contributed by atoms with van der Waals surface area (Å²) in [6.07, 6.45) is 0.859. The lowest BCUT2D eigenvalue weighted by Gasteiger charge is -2.30. The number of hydrogen-bond acceptors (Lipinski definition) is 1. The third-order valence-electron chi connectivity index (χ3n) is 4.20. The molecular formula is C16H22F3N. The van der Waals surface area contributed by atoms with Crippen molar-refractivity contribution in [3.63, 3.8) is 0 Å². The number of nitrogens with one attached hydrogen (secondary N) is 1. The summed E-state index contributed by atoms with van der Waals surface area (Å²) in [7, 11) is 0. The Morgan fingerprint density at radius 2 is 1.70 bits per heavy atom. The van der Waals surface area contributed by atoms with Crippen LogP contribution >= 0.6 is 0 Å². The van der Waals surface area contributed by atoms with E-state index in [-0.39, 0.29) is 6.04 Å². The average Bonchev–Trinajstić information content (AvgIpc) is 2.60. The molecule has 112 valence electrons. The van der Waals surface area contributed by atoms with Gasteiger partial charge in [-0.1, -0.05) is 56.5 Å². The second-order valence-electron chi connectivity index (χ2n) is 5.77. The SMILES string of the molecule is CC1CCCCCC1NC(c1ccccc1)C(F)(F)F. The molecule has 1 aliphatic carbocycles. The first-order valence-corrected chi connectivity index (χ1v) is 7.36. The van der Waals surface area contributed by atoms with Gasteiger partial charge >= 0.3 is 6.18 Å². The van der Waals surface area contributed by atoms with Gasteiger partial charge in [0.1, 0.15) is 6.04 Å². The van der Waals surface area contributed by atoms with Crippen molar-refractivity contribution < 1.29 is 13.2 Å². The minimum absolute atomic E-state index is 0.0515. The largest absolute Gasteiger partial charge is 0.407 e. The van der Waals surface area contributed by atoms with E-state index in [9.17, 15) is 13.2 Å². The molecular weight excluding hydrogens is 263 g/mol. The Morgan fingerprint density at radius 1 is 1.05 bits per heavy atom. The highest BCUT2D eigenvalue weighted by molar-refractivity contribution is 5.20. The third-order valence-corrected chi connectivity index (χ3v) is 4.20. The normalized spacial score (nSPS) is 26.0. The van der Waals surface area contributed by atoms with Crippen molar-refractivity contribution in [2.75, 3.05) is 0 Å². The molecule has 0 amide bonds. The Balaban J connectivity index is 2.16. The monoisotopic (exact) mass is 285 g/mol. The Morgan fingerprint density at radius 3 is 2.35 bits per heavy atom. The van der Waals surface area contributed by atoms with Crippen LogP contribution in [0.5, 0.6) is 0 Å². The quantitative estimate of drug-likeness (QED) is 0.783. The van der Waals surface area contributed by atoms with E-state index in [1.807, 2.05) is 0 Å². The van der Waals surface area contributed by atoms with Crippen molar-refractivity contribution in [1.29, 1.82) is 0 Å². The first kappa shape index (κ1) is 15.4. The van der Waals surface area contributed by atoms with Gasteiger partial charge in [-0.25, -0.2) is 0 Å². The maximum absolute atomic E-state index is 13.3. The van der Waals surface area contributed by atoms with Gasteiger partial charge in [0.2, 0.25) is 0 Å². The fraction of sp³-hybridized carbons (Fsp3) is 0.625. The van der Waals surface area contributed by atoms with Crippen molar-refractivity contribution in [3.05, 3.63) is 35.9 Å². The first-order chi connectivity index (χ1) is 9.48. The lowest BCUT2D eigenvalue weighted by atomic mass is 9.94. The number of halogens is 3. The van der Waals surface area contributed by atoms with Gasteiger partial charge in [0.15, 0.2) is 0 Å². The number of benzene rings is 1. The Kier molecular flexibility index (Phi) is 5.08. The molecule has 1 aromatic carbocycles. The molecule has 2 rings (SSSR count). The molecule has 0 spiro atoms. The molecule has 3 unspecified atom stereocenters. The molecule has 1 aromatic rings. The Bertz CT molecular complexity index is 402. The molecule has 0 aromatic heterocycles. The minimum atomic E-state index is -4.26. The van der Waals surface area contributed by atoms with E-state index in [2.05, 4.69) is 12.2 Å². The zero-order valence-electron chi connectivity index (χ0n) is 11.8. The van der Waals surface area contributed by atoms with Crippen LogP contribution in [-0.2, 0) is 0 Å². The highest BCUT2D eigenvalue weighted by Crippen LogP contribution is 2.35. The summed E-state index contributed by atoms with van der Waals surface area (Å²) < 4.78 is 40.0. The first-order valence-electron chi connectivity index (χ1n) is 7.36. The van der Waals surface area contributed by atoms with Crippen LogP contribution in [0.3, 0.4) is 0 Å². The average molecular weight is 285 g/mol. The van der Waals surface area contributed by atoms with E-state index in [4.69, 9.17) is 0 Å².